The molecule has 1 aromatic rings. The molecule has 0 aromatic heterocycles. The van der Waals surface area contributed by atoms with E-state index in [0.717, 1.165) is 5.02 Å². The fraction of sp³-hybridized carbons (Fsp3) is 0.300. The number of Topliss-reactive ketones (excluding diaryl/α,β-unsaturated/α-hetero) is 1. The van der Waals surface area contributed by atoms with Gasteiger partial charge in [-0.3, -0.25) is 4.79 Å². The van der Waals surface area contributed by atoms with Gasteiger partial charge in [-0.1, -0.05) is 23.7 Å². The van der Waals surface area contributed by atoms with E-state index in [9.17, 15) is 4.79 Å². The molecular weight excluding hydrogens is 172 g/mol. The molecule has 1 aliphatic rings. The summed E-state index contributed by atoms with van der Waals surface area (Å²) in [5.74, 6) is 0.824. The molecule has 0 unspecified atom stereocenters. The number of carbonyl (C=O) groups is 1. The topological polar surface area (TPSA) is 17.1 Å². The first kappa shape index (κ1) is 7.81. The Morgan fingerprint density at radius 1 is 1.17 bits per heavy atom. The summed E-state index contributed by atoms with van der Waals surface area (Å²) < 4.78 is 0. The summed E-state index contributed by atoms with van der Waals surface area (Å²) in [5, 5.41) is 0.754. The van der Waals surface area contributed by atoms with Gasteiger partial charge in [0.25, 0.3) is 0 Å². The van der Waals surface area contributed by atoms with Crippen LogP contribution < -0.4 is 0 Å². The number of halogens is 1. The minimum absolute atomic E-state index is 0.370. The lowest BCUT2D eigenvalue weighted by Gasteiger charge is -2.24. The van der Waals surface area contributed by atoms with E-state index >= 15 is 0 Å². The molecule has 1 nitrogen and oxygen atoms in total. The number of hydrogen-bond acceptors (Lipinski definition) is 1. The fourth-order valence-corrected chi connectivity index (χ4v) is 1.59. The number of benzene rings is 1. The van der Waals surface area contributed by atoms with Crippen LogP contribution in [0.4, 0.5) is 0 Å². The second kappa shape index (κ2) is 2.91. The predicted molar refractivity (Wildman–Crippen MR) is 48.4 cm³/mol. The predicted octanol–water partition coefficient (Wildman–Crippen LogP) is 2.79. The molecule has 0 radical (unpaired) electrons. The number of carbonyl (C=O) groups excluding carboxylic acids is 1. The maximum atomic E-state index is 10.7. The van der Waals surface area contributed by atoms with Crippen LogP contribution in [0.15, 0.2) is 24.3 Å². The molecule has 2 rings (SSSR count). The lowest BCUT2D eigenvalue weighted by Crippen LogP contribution is -2.20. The van der Waals surface area contributed by atoms with E-state index < -0.39 is 0 Å². The lowest BCUT2D eigenvalue weighted by atomic mass is 9.79. The van der Waals surface area contributed by atoms with Crippen LogP contribution in [0.1, 0.15) is 24.3 Å². The summed E-state index contributed by atoms with van der Waals surface area (Å²) in [6, 6.07) is 7.75. The Kier molecular flexibility index (Phi) is 1.89. The van der Waals surface area contributed by atoms with Crippen LogP contribution in [-0.4, -0.2) is 5.78 Å². The van der Waals surface area contributed by atoms with E-state index in [1.54, 1.807) is 0 Å². The zero-order valence-corrected chi connectivity index (χ0v) is 7.34. The molecule has 1 aliphatic carbocycles. The molecule has 1 saturated carbocycles. The molecule has 0 spiro atoms. The van der Waals surface area contributed by atoms with Crippen LogP contribution in [0.25, 0.3) is 0 Å². The van der Waals surface area contributed by atoms with Gasteiger partial charge in [0.15, 0.2) is 0 Å². The first-order valence-corrected chi connectivity index (χ1v) is 4.40. The molecular formula is C10H9ClO. The molecule has 1 aromatic carbocycles. The van der Waals surface area contributed by atoms with Crippen LogP contribution in [0, 0.1) is 0 Å². The van der Waals surface area contributed by atoms with Gasteiger partial charge in [-0.2, -0.15) is 0 Å². The first-order valence-electron chi connectivity index (χ1n) is 4.03. The highest BCUT2D eigenvalue weighted by Gasteiger charge is 2.27. The van der Waals surface area contributed by atoms with E-state index in [0.29, 0.717) is 24.5 Å². The Balaban J connectivity index is 2.14. The smallest absolute Gasteiger partial charge is 0.134 e. The Morgan fingerprint density at radius 3 is 2.25 bits per heavy atom. The SMILES string of the molecule is O=C1CC(c2ccc(Cl)cc2)C1. The quantitative estimate of drug-likeness (QED) is 0.650. The van der Waals surface area contributed by atoms with E-state index in [1.807, 2.05) is 24.3 Å². The van der Waals surface area contributed by atoms with Crippen LogP contribution in [0.2, 0.25) is 5.02 Å². The average Bonchev–Trinajstić information content (AvgIpc) is 2.01. The van der Waals surface area contributed by atoms with Gasteiger partial charge in [0, 0.05) is 17.9 Å². The zero-order chi connectivity index (χ0) is 8.55. The van der Waals surface area contributed by atoms with Crippen molar-refractivity contribution in [3.05, 3.63) is 34.9 Å². The highest BCUT2D eigenvalue weighted by Crippen LogP contribution is 2.33. The third-order valence-corrected chi connectivity index (χ3v) is 2.54. The van der Waals surface area contributed by atoms with Crippen molar-refractivity contribution in [2.45, 2.75) is 18.8 Å². The maximum Gasteiger partial charge on any atom is 0.134 e. The molecule has 1 fully saturated rings. The van der Waals surface area contributed by atoms with Crippen LogP contribution in [0.3, 0.4) is 0 Å². The average molecular weight is 181 g/mol. The molecule has 0 saturated heterocycles. The van der Waals surface area contributed by atoms with E-state index in [-0.39, 0.29) is 0 Å². The molecule has 0 amide bonds. The second-order valence-electron chi connectivity index (χ2n) is 3.20. The summed E-state index contributed by atoms with van der Waals surface area (Å²) in [4.78, 5) is 10.7. The molecule has 2 heteroatoms. The summed E-state index contributed by atoms with van der Waals surface area (Å²) in [5.41, 5.74) is 1.24. The van der Waals surface area contributed by atoms with Crippen LogP contribution >= 0.6 is 11.6 Å². The zero-order valence-electron chi connectivity index (χ0n) is 6.59. The Bertz CT molecular complexity index is 294. The van der Waals surface area contributed by atoms with Gasteiger partial charge in [-0.15, -0.1) is 0 Å². The van der Waals surface area contributed by atoms with Crippen molar-refractivity contribution in [2.24, 2.45) is 0 Å². The van der Waals surface area contributed by atoms with E-state index in [2.05, 4.69) is 0 Å². The highest BCUT2D eigenvalue weighted by molar-refractivity contribution is 6.30. The van der Waals surface area contributed by atoms with Gasteiger partial charge in [-0.05, 0) is 23.6 Å². The molecule has 0 heterocycles. The van der Waals surface area contributed by atoms with Crippen molar-refractivity contribution in [1.82, 2.24) is 0 Å². The molecule has 12 heavy (non-hydrogen) atoms. The molecule has 0 atom stereocenters. The van der Waals surface area contributed by atoms with Crippen LogP contribution in [0.5, 0.6) is 0 Å². The van der Waals surface area contributed by atoms with Crippen LogP contribution in [-0.2, 0) is 4.79 Å². The minimum atomic E-state index is 0.370. The molecule has 0 aliphatic heterocycles. The standard InChI is InChI=1S/C10H9ClO/c11-9-3-1-7(2-4-9)8-5-10(12)6-8/h1-4,8H,5-6H2. The number of rotatable bonds is 1. The van der Waals surface area contributed by atoms with Gasteiger partial charge in [0.1, 0.15) is 5.78 Å². The Morgan fingerprint density at radius 2 is 1.75 bits per heavy atom. The largest absolute Gasteiger partial charge is 0.300 e. The molecule has 0 N–H and O–H groups in total. The monoisotopic (exact) mass is 180 g/mol. The summed E-state index contributed by atoms with van der Waals surface area (Å²) in [6.45, 7) is 0. The molecule has 0 bridgehead atoms. The van der Waals surface area contributed by atoms with Gasteiger partial charge < -0.3 is 0 Å². The number of hydrogen-bond donors (Lipinski definition) is 0. The van der Waals surface area contributed by atoms with Crippen molar-refractivity contribution >= 4 is 17.4 Å². The summed E-state index contributed by atoms with van der Waals surface area (Å²) >= 11 is 5.74. The molecule has 62 valence electrons. The summed E-state index contributed by atoms with van der Waals surface area (Å²) in [6.07, 6.45) is 1.42. The van der Waals surface area contributed by atoms with Gasteiger partial charge in [0.05, 0.1) is 0 Å². The third-order valence-electron chi connectivity index (χ3n) is 2.29. The van der Waals surface area contributed by atoms with Crippen molar-refractivity contribution in [1.29, 1.82) is 0 Å². The Labute approximate surface area is 76.4 Å². The second-order valence-corrected chi connectivity index (χ2v) is 3.63. The van der Waals surface area contributed by atoms with Crippen molar-refractivity contribution in [2.75, 3.05) is 0 Å². The van der Waals surface area contributed by atoms with E-state index in [1.165, 1.54) is 5.56 Å². The van der Waals surface area contributed by atoms with Gasteiger partial charge >= 0.3 is 0 Å². The first-order chi connectivity index (χ1) is 5.75. The minimum Gasteiger partial charge on any atom is -0.300 e. The van der Waals surface area contributed by atoms with Gasteiger partial charge in [-0.25, -0.2) is 0 Å². The normalized spacial score (nSPS) is 17.6. The lowest BCUT2D eigenvalue weighted by molar-refractivity contribution is -0.124. The van der Waals surface area contributed by atoms with E-state index in [4.69, 9.17) is 11.6 Å². The Hall–Kier alpha value is -0.820. The number of ketones is 1. The summed E-state index contributed by atoms with van der Waals surface area (Å²) in [7, 11) is 0. The van der Waals surface area contributed by atoms with Crippen molar-refractivity contribution in [3.63, 3.8) is 0 Å². The third kappa shape index (κ3) is 1.37. The fourth-order valence-electron chi connectivity index (χ4n) is 1.46. The van der Waals surface area contributed by atoms with Gasteiger partial charge in [0.2, 0.25) is 0 Å². The highest BCUT2D eigenvalue weighted by atomic mass is 35.5. The van der Waals surface area contributed by atoms with Crippen molar-refractivity contribution in [3.8, 4) is 0 Å². The maximum absolute atomic E-state index is 10.7. The van der Waals surface area contributed by atoms with Crippen molar-refractivity contribution < 1.29 is 4.79 Å².